The second-order valence-electron chi connectivity index (χ2n) is 7.96. The van der Waals surface area contributed by atoms with Gasteiger partial charge >= 0.3 is 0 Å². The van der Waals surface area contributed by atoms with Gasteiger partial charge in [-0.1, -0.05) is 24.3 Å². The molecule has 0 bridgehead atoms. The molecule has 9 nitrogen and oxygen atoms in total. The summed E-state index contributed by atoms with van der Waals surface area (Å²) in [5.41, 5.74) is 2.72. The second kappa shape index (κ2) is 6.63. The topological polar surface area (TPSA) is 110 Å². The van der Waals surface area contributed by atoms with E-state index in [9.17, 15) is 13.2 Å². The van der Waals surface area contributed by atoms with Crippen molar-refractivity contribution in [3.05, 3.63) is 41.7 Å². The van der Waals surface area contributed by atoms with Crippen molar-refractivity contribution in [2.24, 2.45) is 5.92 Å². The number of tetrazole rings is 1. The Labute approximate surface area is 163 Å². The van der Waals surface area contributed by atoms with Gasteiger partial charge in [-0.2, -0.15) is 4.80 Å². The highest BCUT2D eigenvalue weighted by Gasteiger charge is 2.53. The molecule has 28 heavy (non-hydrogen) atoms. The molecule has 2 saturated heterocycles. The summed E-state index contributed by atoms with van der Waals surface area (Å²) in [6.07, 6.45) is 3.19. The van der Waals surface area contributed by atoms with Crippen LogP contribution in [0.4, 0.5) is 0 Å². The molecule has 2 fully saturated rings. The number of benzene rings is 1. The summed E-state index contributed by atoms with van der Waals surface area (Å²) in [5.74, 6) is -0.343. The van der Waals surface area contributed by atoms with E-state index in [0.717, 1.165) is 12.8 Å². The van der Waals surface area contributed by atoms with Crippen LogP contribution in [0.3, 0.4) is 0 Å². The van der Waals surface area contributed by atoms with E-state index in [1.807, 2.05) is 0 Å². The van der Waals surface area contributed by atoms with Crippen LogP contribution in [0.25, 0.3) is 0 Å². The summed E-state index contributed by atoms with van der Waals surface area (Å²) in [4.78, 5) is 15.8. The van der Waals surface area contributed by atoms with Crippen molar-refractivity contribution in [2.45, 2.75) is 36.7 Å². The Kier molecular flexibility index (Phi) is 4.20. The number of nitrogens with one attached hydrogen (secondary N) is 1. The molecule has 0 saturated carbocycles. The molecular weight excluding hydrogens is 380 g/mol. The summed E-state index contributed by atoms with van der Waals surface area (Å²) < 4.78 is 25.4. The average Bonchev–Trinajstić information content (AvgIpc) is 3.41. The standard InChI is InChI=1S/C18H22N6O3S/c25-18(9-24-20-11-19-22-24)21-16-10-28(26,27)17-8-23(7-15(16)17)14-5-12-3-1-2-4-13(12)6-14/h1-4,11,14-17H,5-10H2,(H,21,25)/t15-,16+,17-/m0/s1. The number of carbonyl (C=O) groups excluding carboxylic acids is 1. The Bertz CT molecular complexity index is 968. The van der Waals surface area contributed by atoms with E-state index in [4.69, 9.17) is 0 Å². The lowest BCUT2D eigenvalue weighted by Gasteiger charge is -2.26. The largest absolute Gasteiger partial charge is 0.350 e. The molecule has 3 heterocycles. The van der Waals surface area contributed by atoms with E-state index in [1.165, 1.54) is 22.3 Å². The quantitative estimate of drug-likeness (QED) is 0.702. The number of sulfone groups is 1. The third kappa shape index (κ3) is 3.10. The number of likely N-dealkylation sites (tertiary alicyclic amines) is 1. The second-order valence-corrected chi connectivity index (χ2v) is 10.2. The Balaban J connectivity index is 1.27. The van der Waals surface area contributed by atoms with Crippen molar-refractivity contribution in [2.75, 3.05) is 18.8 Å². The highest BCUT2D eigenvalue weighted by Crippen LogP contribution is 2.37. The number of carbonyl (C=O) groups is 1. The number of hydrogen-bond acceptors (Lipinski definition) is 7. The monoisotopic (exact) mass is 402 g/mol. The van der Waals surface area contributed by atoms with Crippen molar-refractivity contribution in [3.63, 3.8) is 0 Å². The highest BCUT2D eigenvalue weighted by atomic mass is 32.2. The number of rotatable bonds is 4. The highest BCUT2D eigenvalue weighted by molar-refractivity contribution is 7.92. The van der Waals surface area contributed by atoms with Gasteiger partial charge in [0.15, 0.2) is 16.2 Å². The molecule has 3 atom stereocenters. The zero-order chi connectivity index (χ0) is 19.3. The smallest absolute Gasteiger partial charge is 0.243 e. The Hall–Kier alpha value is -2.33. The zero-order valence-corrected chi connectivity index (χ0v) is 16.1. The fraction of sp³-hybridized carbons (Fsp3) is 0.556. The van der Waals surface area contributed by atoms with Crippen LogP contribution < -0.4 is 5.32 Å². The van der Waals surface area contributed by atoms with Crippen LogP contribution in [0.15, 0.2) is 30.6 Å². The zero-order valence-electron chi connectivity index (χ0n) is 15.3. The van der Waals surface area contributed by atoms with Crippen LogP contribution in [-0.2, 0) is 34.0 Å². The molecule has 3 aliphatic rings. The summed E-state index contributed by atoms with van der Waals surface area (Å²) in [6, 6.07) is 8.41. The fourth-order valence-corrected chi connectivity index (χ4v) is 7.28. The Morgan fingerprint density at radius 2 is 1.93 bits per heavy atom. The van der Waals surface area contributed by atoms with Crippen molar-refractivity contribution in [3.8, 4) is 0 Å². The lowest BCUT2D eigenvalue weighted by Crippen LogP contribution is -2.44. The number of hydrogen-bond donors (Lipinski definition) is 1. The van der Waals surface area contributed by atoms with Gasteiger partial charge in [-0.05, 0) is 29.2 Å². The molecule has 1 aromatic heterocycles. The molecule has 2 aromatic rings. The van der Waals surface area contributed by atoms with Crippen LogP contribution in [0.5, 0.6) is 0 Å². The third-order valence-corrected chi connectivity index (χ3v) is 8.54. The van der Waals surface area contributed by atoms with Gasteiger partial charge in [0.05, 0.1) is 11.0 Å². The number of fused-ring (bicyclic) bond motifs is 2. The number of amides is 1. The minimum absolute atomic E-state index is 0.0115. The number of aromatic nitrogens is 4. The van der Waals surface area contributed by atoms with Crippen molar-refractivity contribution in [1.29, 1.82) is 0 Å². The minimum atomic E-state index is -3.22. The number of nitrogens with zero attached hydrogens (tertiary/aromatic N) is 5. The van der Waals surface area contributed by atoms with Crippen LogP contribution >= 0.6 is 0 Å². The summed E-state index contributed by atoms with van der Waals surface area (Å²) >= 11 is 0. The first-order chi connectivity index (χ1) is 13.5. The summed E-state index contributed by atoms with van der Waals surface area (Å²) in [7, 11) is -3.22. The predicted molar refractivity (Wildman–Crippen MR) is 100 cm³/mol. The summed E-state index contributed by atoms with van der Waals surface area (Å²) in [5, 5.41) is 13.6. The molecule has 148 valence electrons. The third-order valence-electron chi connectivity index (χ3n) is 6.30. The first kappa shape index (κ1) is 17.7. The van der Waals surface area contributed by atoms with Gasteiger partial charge in [0.25, 0.3) is 0 Å². The van der Waals surface area contributed by atoms with Gasteiger partial charge in [0, 0.05) is 31.1 Å². The molecule has 1 aliphatic carbocycles. The predicted octanol–water partition coefficient (Wildman–Crippen LogP) is -0.946. The van der Waals surface area contributed by atoms with Crippen LogP contribution in [0.1, 0.15) is 11.1 Å². The lowest BCUT2D eigenvalue weighted by molar-refractivity contribution is -0.122. The molecule has 0 spiro atoms. The van der Waals surface area contributed by atoms with Crippen LogP contribution in [0, 0.1) is 5.92 Å². The van der Waals surface area contributed by atoms with Crippen LogP contribution in [-0.4, -0.2) is 75.6 Å². The maximum absolute atomic E-state index is 12.7. The molecule has 0 radical (unpaired) electrons. The average molecular weight is 402 g/mol. The van der Waals surface area contributed by atoms with E-state index in [2.05, 4.69) is 49.9 Å². The molecule has 0 unspecified atom stereocenters. The van der Waals surface area contributed by atoms with E-state index in [1.54, 1.807) is 0 Å². The van der Waals surface area contributed by atoms with Gasteiger partial charge in [-0.25, -0.2) is 8.42 Å². The van der Waals surface area contributed by atoms with Crippen molar-refractivity contribution in [1.82, 2.24) is 30.4 Å². The molecule has 1 amide bonds. The van der Waals surface area contributed by atoms with Gasteiger partial charge in [-0.15, -0.1) is 10.2 Å². The lowest BCUT2D eigenvalue weighted by atomic mass is 10.0. The fourth-order valence-electron chi connectivity index (χ4n) is 4.98. The molecular formula is C18H22N6O3S. The van der Waals surface area contributed by atoms with Gasteiger partial charge < -0.3 is 5.32 Å². The van der Waals surface area contributed by atoms with Gasteiger partial charge in [0.1, 0.15) is 6.54 Å². The maximum Gasteiger partial charge on any atom is 0.243 e. The normalized spacial score (nSPS) is 28.9. The molecule has 1 N–H and O–H groups in total. The van der Waals surface area contributed by atoms with Gasteiger partial charge in [0.2, 0.25) is 5.91 Å². The van der Waals surface area contributed by atoms with E-state index >= 15 is 0 Å². The molecule has 10 heteroatoms. The first-order valence-corrected chi connectivity index (χ1v) is 11.2. The first-order valence-electron chi connectivity index (χ1n) is 9.52. The van der Waals surface area contributed by atoms with Crippen molar-refractivity contribution < 1.29 is 13.2 Å². The maximum atomic E-state index is 12.7. The van der Waals surface area contributed by atoms with E-state index < -0.39 is 15.1 Å². The SMILES string of the molecule is O=C(Cn1ncnn1)N[C@@H]1CS(=O)(=O)[C@H]2CN(C3Cc4ccccc4C3)C[C@@H]12. The van der Waals surface area contributed by atoms with E-state index in [-0.39, 0.29) is 30.2 Å². The van der Waals surface area contributed by atoms with E-state index in [0.29, 0.717) is 19.1 Å². The Morgan fingerprint density at radius 3 is 2.61 bits per heavy atom. The minimum Gasteiger partial charge on any atom is -0.350 e. The Morgan fingerprint density at radius 1 is 1.18 bits per heavy atom. The molecule has 2 aliphatic heterocycles. The molecule has 5 rings (SSSR count). The van der Waals surface area contributed by atoms with Crippen LogP contribution in [0.2, 0.25) is 0 Å². The summed E-state index contributed by atoms with van der Waals surface area (Å²) in [6.45, 7) is 1.20. The molecule has 1 aromatic carbocycles. The van der Waals surface area contributed by atoms with Crippen molar-refractivity contribution >= 4 is 15.7 Å². The van der Waals surface area contributed by atoms with Gasteiger partial charge in [-0.3, -0.25) is 9.69 Å².